The summed E-state index contributed by atoms with van der Waals surface area (Å²) in [5.74, 6) is -0.216. The van der Waals surface area contributed by atoms with Gasteiger partial charge in [0.15, 0.2) is 0 Å². The van der Waals surface area contributed by atoms with E-state index in [1.54, 1.807) is 0 Å². The van der Waals surface area contributed by atoms with Gasteiger partial charge in [0.25, 0.3) is 0 Å². The molecule has 0 radical (unpaired) electrons. The molecule has 0 spiro atoms. The zero-order valence-corrected chi connectivity index (χ0v) is 13.6. The minimum absolute atomic E-state index is 0.000596. The van der Waals surface area contributed by atoms with Gasteiger partial charge >= 0.3 is 0 Å². The van der Waals surface area contributed by atoms with Crippen LogP contribution in [0.25, 0.3) is 0 Å². The van der Waals surface area contributed by atoms with Crippen LogP contribution in [0.4, 0.5) is 0 Å². The number of carbonyl (C=O) groups excluding carboxylic acids is 2. The molecule has 0 saturated carbocycles. The third-order valence-corrected chi connectivity index (χ3v) is 3.27. The Morgan fingerprint density at radius 2 is 1.82 bits per heavy atom. The van der Waals surface area contributed by atoms with Crippen molar-refractivity contribution in [2.75, 3.05) is 13.2 Å². The summed E-state index contributed by atoms with van der Waals surface area (Å²) in [7, 11) is 0. The molecular formula is C17H26N2O3. The molecule has 1 atom stereocenters. The lowest BCUT2D eigenvalue weighted by molar-refractivity contribution is -0.128. The fourth-order valence-corrected chi connectivity index (χ4v) is 1.96. The second-order valence-electron chi connectivity index (χ2n) is 6.30. The molecule has 0 bridgehead atoms. The van der Waals surface area contributed by atoms with Gasteiger partial charge in [0.1, 0.15) is 0 Å². The van der Waals surface area contributed by atoms with E-state index in [0.717, 1.165) is 5.56 Å². The number of benzene rings is 1. The molecule has 3 N–H and O–H groups in total. The summed E-state index contributed by atoms with van der Waals surface area (Å²) >= 11 is 0. The molecule has 1 rings (SSSR count). The maximum Gasteiger partial charge on any atom is 0.225 e. The largest absolute Gasteiger partial charge is 0.396 e. The third-order valence-electron chi connectivity index (χ3n) is 3.27. The van der Waals surface area contributed by atoms with Crippen molar-refractivity contribution in [3.05, 3.63) is 35.9 Å². The van der Waals surface area contributed by atoms with Crippen molar-refractivity contribution in [2.45, 2.75) is 39.7 Å². The van der Waals surface area contributed by atoms with Gasteiger partial charge in [-0.25, -0.2) is 0 Å². The number of carbonyl (C=O) groups is 2. The first kappa shape index (κ1) is 18.2. The molecular weight excluding hydrogens is 280 g/mol. The first-order valence-electron chi connectivity index (χ1n) is 7.58. The molecule has 22 heavy (non-hydrogen) atoms. The molecule has 1 aromatic carbocycles. The lowest BCUT2D eigenvalue weighted by Crippen LogP contribution is -2.38. The van der Waals surface area contributed by atoms with E-state index in [0.29, 0.717) is 13.0 Å². The number of hydrogen-bond acceptors (Lipinski definition) is 3. The molecule has 1 aromatic rings. The third kappa shape index (κ3) is 6.26. The van der Waals surface area contributed by atoms with Crippen LogP contribution in [-0.2, 0) is 9.59 Å². The summed E-state index contributed by atoms with van der Waals surface area (Å²) in [6.45, 7) is 5.79. The van der Waals surface area contributed by atoms with Crippen molar-refractivity contribution in [3.63, 3.8) is 0 Å². The Labute approximate surface area is 132 Å². The first-order valence-corrected chi connectivity index (χ1v) is 7.58. The van der Waals surface area contributed by atoms with E-state index >= 15 is 0 Å². The maximum atomic E-state index is 12.0. The van der Waals surface area contributed by atoms with Gasteiger partial charge in [0, 0.05) is 25.0 Å². The van der Waals surface area contributed by atoms with Crippen molar-refractivity contribution in [2.24, 2.45) is 5.41 Å². The highest BCUT2D eigenvalue weighted by molar-refractivity contribution is 5.82. The van der Waals surface area contributed by atoms with Crippen LogP contribution in [-0.4, -0.2) is 30.1 Å². The smallest absolute Gasteiger partial charge is 0.225 e. The van der Waals surface area contributed by atoms with Gasteiger partial charge in [-0.3, -0.25) is 9.59 Å². The van der Waals surface area contributed by atoms with Crippen molar-refractivity contribution in [1.82, 2.24) is 10.6 Å². The molecule has 0 aliphatic rings. The average Bonchev–Trinajstić information content (AvgIpc) is 2.46. The van der Waals surface area contributed by atoms with Gasteiger partial charge < -0.3 is 15.7 Å². The molecule has 0 aromatic heterocycles. The molecule has 122 valence electrons. The molecule has 1 unspecified atom stereocenters. The predicted octanol–water partition coefficient (Wildman–Crippen LogP) is 1.78. The van der Waals surface area contributed by atoms with Gasteiger partial charge in [-0.15, -0.1) is 0 Å². The highest BCUT2D eigenvalue weighted by Crippen LogP contribution is 2.16. The monoisotopic (exact) mass is 306 g/mol. The van der Waals surface area contributed by atoms with Crippen LogP contribution in [0, 0.1) is 5.41 Å². The van der Waals surface area contributed by atoms with E-state index in [9.17, 15) is 9.59 Å². The molecule has 2 amide bonds. The zero-order valence-electron chi connectivity index (χ0n) is 13.6. The van der Waals surface area contributed by atoms with Crippen molar-refractivity contribution in [3.8, 4) is 0 Å². The van der Waals surface area contributed by atoms with Crippen molar-refractivity contribution >= 4 is 11.8 Å². The van der Waals surface area contributed by atoms with Crippen LogP contribution in [0.5, 0.6) is 0 Å². The van der Waals surface area contributed by atoms with Crippen LogP contribution in [0.1, 0.15) is 45.2 Å². The standard InChI is InChI=1S/C17H26N2O3/c1-17(2,3)16(22)18-11-9-15(21)19-14(10-12-20)13-7-5-4-6-8-13/h4-8,14,20H,9-12H2,1-3H3,(H,18,22)(H,19,21). The Hall–Kier alpha value is -1.88. The lowest BCUT2D eigenvalue weighted by atomic mass is 9.96. The summed E-state index contributed by atoms with van der Waals surface area (Å²) in [6, 6.07) is 9.33. The van der Waals surface area contributed by atoms with Crippen LogP contribution in [0.2, 0.25) is 0 Å². The molecule has 0 fully saturated rings. The topological polar surface area (TPSA) is 78.4 Å². The highest BCUT2D eigenvalue weighted by atomic mass is 16.3. The number of amides is 2. The molecule has 0 heterocycles. The van der Waals surface area contributed by atoms with Crippen LogP contribution in [0.3, 0.4) is 0 Å². The minimum Gasteiger partial charge on any atom is -0.396 e. The summed E-state index contributed by atoms with van der Waals surface area (Å²) in [6.07, 6.45) is 0.681. The molecule has 0 aliphatic carbocycles. The lowest BCUT2D eigenvalue weighted by Gasteiger charge is -2.20. The van der Waals surface area contributed by atoms with Crippen molar-refractivity contribution in [1.29, 1.82) is 0 Å². The summed E-state index contributed by atoms with van der Waals surface area (Å²) < 4.78 is 0. The van der Waals surface area contributed by atoms with Gasteiger partial charge in [0.05, 0.1) is 6.04 Å². The minimum atomic E-state index is -0.458. The Balaban J connectivity index is 2.46. The van der Waals surface area contributed by atoms with Gasteiger partial charge in [-0.1, -0.05) is 51.1 Å². The normalized spacial score (nSPS) is 12.5. The van der Waals surface area contributed by atoms with Crippen LogP contribution >= 0.6 is 0 Å². The van der Waals surface area contributed by atoms with E-state index in [2.05, 4.69) is 10.6 Å². The molecule has 5 heteroatoms. The molecule has 5 nitrogen and oxygen atoms in total. The SMILES string of the molecule is CC(C)(C)C(=O)NCCC(=O)NC(CCO)c1ccccc1. The second-order valence-corrected chi connectivity index (χ2v) is 6.30. The van der Waals surface area contributed by atoms with E-state index in [1.807, 2.05) is 51.1 Å². The summed E-state index contributed by atoms with van der Waals surface area (Å²) in [5.41, 5.74) is 0.503. The maximum absolute atomic E-state index is 12.0. The predicted molar refractivity (Wildman–Crippen MR) is 86.1 cm³/mol. The van der Waals surface area contributed by atoms with Crippen molar-refractivity contribution < 1.29 is 14.7 Å². The van der Waals surface area contributed by atoms with Gasteiger partial charge in [-0.05, 0) is 12.0 Å². The van der Waals surface area contributed by atoms with E-state index in [4.69, 9.17) is 5.11 Å². The number of rotatable bonds is 7. The van der Waals surface area contributed by atoms with Crippen LogP contribution in [0.15, 0.2) is 30.3 Å². The van der Waals surface area contributed by atoms with Gasteiger partial charge in [0.2, 0.25) is 11.8 Å². The summed E-state index contributed by atoms with van der Waals surface area (Å²) in [5, 5.41) is 14.8. The number of aliphatic hydroxyl groups excluding tert-OH is 1. The van der Waals surface area contributed by atoms with E-state index < -0.39 is 5.41 Å². The Kier molecular flexibility index (Phi) is 7.05. The Bertz CT molecular complexity index is 480. The highest BCUT2D eigenvalue weighted by Gasteiger charge is 2.21. The van der Waals surface area contributed by atoms with E-state index in [1.165, 1.54) is 0 Å². The fraction of sp³-hybridized carbons (Fsp3) is 0.529. The number of hydrogen-bond donors (Lipinski definition) is 3. The zero-order chi connectivity index (χ0) is 16.6. The Morgan fingerprint density at radius 3 is 2.36 bits per heavy atom. The summed E-state index contributed by atoms with van der Waals surface area (Å²) in [4.78, 5) is 23.7. The number of nitrogens with one attached hydrogen (secondary N) is 2. The molecule has 0 aliphatic heterocycles. The van der Waals surface area contributed by atoms with E-state index in [-0.39, 0.29) is 30.9 Å². The average molecular weight is 306 g/mol. The first-order chi connectivity index (χ1) is 10.3. The second kappa shape index (κ2) is 8.54. The molecule has 0 saturated heterocycles. The van der Waals surface area contributed by atoms with Crippen LogP contribution < -0.4 is 10.6 Å². The van der Waals surface area contributed by atoms with Gasteiger partial charge in [-0.2, -0.15) is 0 Å². The quantitative estimate of drug-likeness (QED) is 0.718. The number of aliphatic hydroxyl groups is 1. The Morgan fingerprint density at radius 1 is 1.18 bits per heavy atom. The fourth-order valence-electron chi connectivity index (χ4n) is 1.96.